The first-order valence-electron chi connectivity index (χ1n) is 9.39. The summed E-state index contributed by atoms with van der Waals surface area (Å²) in [5.41, 5.74) is 2.62. The average Bonchev–Trinajstić information content (AvgIpc) is 2.72. The molecule has 0 atom stereocenters. The Labute approximate surface area is 171 Å². The quantitative estimate of drug-likeness (QED) is 0.683. The molecule has 4 rings (SSSR count). The minimum atomic E-state index is -4.35. The summed E-state index contributed by atoms with van der Waals surface area (Å²) in [6, 6.07) is 6.65. The maximum absolute atomic E-state index is 14.0. The lowest BCUT2D eigenvalue weighted by Crippen LogP contribution is -2.50. The van der Waals surface area contributed by atoms with Crippen molar-refractivity contribution >= 4 is 21.8 Å². The third kappa shape index (κ3) is 3.43. The van der Waals surface area contributed by atoms with Crippen molar-refractivity contribution in [2.24, 2.45) is 0 Å². The standard InChI is InChI=1S/C20H19F3N2O4S/c1-12-2-4-16-13(10-12)11-29-20(26)25(16)14-6-8-24(9-7-14)30(27,28)17-5-3-15(21)18(22)19(17)23/h2-5,10,14H,6-9,11H2,1H3. The second-order valence-electron chi connectivity index (χ2n) is 7.37. The van der Waals surface area contributed by atoms with Crippen molar-refractivity contribution in [1.82, 2.24) is 4.31 Å². The van der Waals surface area contributed by atoms with Gasteiger partial charge < -0.3 is 4.74 Å². The van der Waals surface area contributed by atoms with E-state index in [2.05, 4.69) is 0 Å². The van der Waals surface area contributed by atoms with Gasteiger partial charge in [0.15, 0.2) is 17.5 Å². The molecule has 0 saturated carbocycles. The number of carbonyl (C=O) groups excluding carboxylic acids is 1. The first-order valence-corrected chi connectivity index (χ1v) is 10.8. The average molecular weight is 440 g/mol. The van der Waals surface area contributed by atoms with Crippen LogP contribution >= 0.6 is 0 Å². The highest BCUT2D eigenvalue weighted by Gasteiger charge is 2.38. The molecule has 10 heteroatoms. The molecule has 0 N–H and O–H groups in total. The Morgan fingerprint density at radius 2 is 1.73 bits per heavy atom. The van der Waals surface area contributed by atoms with Crippen molar-refractivity contribution in [1.29, 1.82) is 0 Å². The van der Waals surface area contributed by atoms with Gasteiger partial charge in [0.2, 0.25) is 10.0 Å². The van der Waals surface area contributed by atoms with E-state index in [1.807, 2.05) is 25.1 Å². The van der Waals surface area contributed by atoms with Crippen LogP contribution in [0.15, 0.2) is 35.2 Å². The maximum Gasteiger partial charge on any atom is 0.414 e. The minimum absolute atomic E-state index is 0.00356. The lowest BCUT2D eigenvalue weighted by molar-refractivity contribution is 0.135. The minimum Gasteiger partial charge on any atom is -0.444 e. The molecule has 0 aliphatic carbocycles. The van der Waals surface area contributed by atoms with E-state index >= 15 is 0 Å². The van der Waals surface area contributed by atoms with Gasteiger partial charge in [-0.2, -0.15) is 4.31 Å². The fraction of sp³-hybridized carbons (Fsp3) is 0.350. The molecular weight excluding hydrogens is 421 g/mol. The van der Waals surface area contributed by atoms with Crippen LogP contribution in [-0.2, 0) is 21.4 Å². The molecule has 6 nitrogen and oxygen atoms in total. The number of nitrogens with zero attached hydrogens (tertiary/aromatic N) is 2. The van der Waals surface area contributed by atoms with Crippen LogP contribution in [0.2, 0.25) is 0 Å². The van der Waals surface area contributed by atoms with Crippen molar-refractivity contribution < 1.29 is 31.1 Å². The normalized spacial score (nSPS) is 18.3. The van der Waals surface area contributed by atoms with Crippen LogP contribution in [0, 0.1) is 24.4 Å². The molecule has 2 aromatic carbocycles. The lowest BCUT2D eigenvalue weighted by atomic mass is 10.0. The molecule has 160 valence electrons. The number of hydrogen-bond donors (Lipinski definition) is 0. The fourth-order valence-corrected chi connectivity index (χ4v) is 5.43. The summed E-state index contributed by atoms with van der Waals surface area (Å²) in [5, 5.41) is 0. The highest BCUT2D eigenvalue weighted by atomic mass is 32.2. The van der Waals surface area contributed by atoms with E-state index in [9.17, 15) is 26.4 Å². The molecule has 1 fully saturated rings. The van der Waals surface area contributed by atoms with Gasteiger partial charge in [-0.05, 0) is 38.0 Å². The summed E-state index contributed by atoms with van der Waals surface area (Å²) in [4.78, 5) is 13.0. The zero-order valence-electron chi connectivity index (χ0n) is 16.1. The molecule has 2 aliphatic heterocycles. The summed E-state index contributed by atoms with van der Waals surface area (Å²) in [7, 11) is -4.35. The third-order valence-electron chi connectivity index (χ3n) is 5.45. The van der Waals surface area contributed by atoms with Crippen molar-refractivity contribution in [3.63, 3.8) is 0 Å². The summed E-state index contributed by atoms with van der Waals surface area (Å²) in [5.74, 6) is -5.02. The van der Waals surface area contributed by atoms with Crippen LogP contribution in [-0.4, -0.2) is 37.9 Å². The largest absolute Gasteiger partial charge is 0.444 e. The summed E-state index contributed by atoms with van der Waals surface area (Å²) < 4.78 is 72.5. The number of amides is 1. The zero-order chi connectivity index (χ0) is 21.6. The monoisotopic (exact) mass is 440 g/mol. The Balaban J connectivity index is 1.55. The number of anilines is 1. The van der Waals surface area contributed by atoms with Gasteiger partial charge in [0.05, 0.1) is 5.69 Å². The molecule has 1 amide bonds. The fourth-order valence-electron chi connectivity index (χ4n) is 3.91. The van der Waals surface area contributed by atoms with Gasteiger partial charge in [-0.3, -0.25) is 4.90 Å². The van der Waals surface area contributed by atoms with E-state index < -0.39 is 38.5 Å². The molecule has 2 aliphatic rings. The van der Waals surface area contributed by atoms with Crippen LogP contribution in [0.3, 0.4) is 0 Å². The number of fused-ring (bicyclic) bond motifs is 1. The van der Waals surface area contributed by atoms with Crippen LogP contribution in [0.25, 0.3) is 0 Å². The number of hydrogen-bond acceptors (Lipinski definition) is 4. The molecule has 2 aromatic rings. The van der Waals surface area contributed by atoms with Crippen molar-refractivity contribution in [3.8, 4) is 0 Å². The number of ether oxygens (including phenoxy) is 1. The van der Waals surface area contributed by atoms with Crippen LogP contribution in [0.4, 0.5) is 23.7 Å². The highest BCUT2D eigenvalue weighted by molar-refractivity contribution is 7.89. The van der Waals surface area contributed by atoms with E-state index in [4.69, 9.17) is 4.74 Å². The van der Waals surface area contributed by atoms with Gasteiger partial charge in [0.25, 0.3) is 0 Å². The second kappa shape index (κ2) is 7.59. The smallest absolute Gasteiger partial charge is 0.414 e. The molecular formula is C20H19F3N2O4S. The van der Waals surface area contributed by atoms with Crippen molar-refractivity contribution in [2.75, 3.05) is 18.0 Å². The van der Waals surface area contributed by atoms with Crippen molar-refractivity contribution in [3.05, 3.63) is 58.9 Å². The number of sulfonamides is 1. The van der Waals surface area contributed by atoms with Gasteiger partial charge in [-0.15, -0.1) is 0 Å². The molecule has 0 radical (unpaired) electrons. The SMILES string of the molecule is Cc1ccc2c(c1)COC(=O)N2C1CCN(S(=O)(=O)c2ccc(F)c(F)c2F)CC1. The molecule has 30 heavy (non-hydrogen) atoms. The number of halogens is 3. The first kappa shape index (κ1) is 20.7. The Morgan fingerprint density at radius 1 is 1.03 bits per heavy atom. The van der Waals surface area contributed by atoms with Gasteiger partial charge >= 0.3 is 6.09 Å². The van der Waals surface area contributed by atoms with Gasteiger partial charge in [0.1, 0.15) is 11.5 Å². The summed E-state index contributed by atoms with van der Waals surface area (Å²) in [6.07, 6.45) is 0.0687. The lowest BCUT2D eigenvalue weighted by Gasteiger charge is -2.39. The van der Waals surface area contributed by atoms with E-state index in [-0.39, 0.29) is 38.6 Å². The predicted octanol–water partition coefficient (Wildman–Crippen LogP) is 3.72. The Bertz CT molecular complexity index is 1120. The summed E-state index contributed by atoms with van der Waals surface area (Å²) >= 11 is 0. The Kier molecular flexibility index (Phi) is 5.23. The van der Waals surface area contributed by atoms with Crippen molar-refractivity contribution in [2.45, 2.75) is 37.3 Å². The van der Waals surface area contributed by atoms with Crippen LogP contribution < -0.4 is 4.90 Å². The molecule has 0 spiro atoms. The van der Waals surface area contributed by atoms with E-state index in [0.717, 1.165) is 27.2 Å². The number of rotatable bonds is 3. The Morgan fingerprint density at radius 3 is 2.43 bits per heavy atom. The zero-order valence-corrected chi connectivity index (χ0v) is 16.9. The predicted molar refractivity (Wildman–Crippen MR) is 102 cm³/mol. The van der Waals surface area contributed by atoms with Crippen LogP contribution in [0.5, 0.6) is 0 Å². The maximum atomic E-state index is 14.0. The second-order valence-corrected chi connectivity index (χ2v) is 9.27. The topological polar surface area (TPSA) is 66.9 Å². The number of cyclic esters (lactones) is 1. The number of aryl methyl sites for hydroxylation is 1. The van der Waals surface area contributed by atoms with E-state index in [0.29, 0.717) is 6.07 Å². The number of benzene rings is 2. The first-order chi connectivity index (χ1) is 14.2. The summed E-state index contributed by atoms with van der Waals surface area (Å²) in [6.45, 7) is 2.10. The number of carbonyl (C=O) groups is 1. The van der Waals surface area contributed by atoms with Crippen LogP contribution in [0.1, 0.15) is 24.0 Å². The van der Waals surface area contributed by atoms with Gasteiger partial charge in [-0.1, -0.05) is 17.7 Å². The van der Waals surface area contributed by atoms with E-state index in [1.54, 1.807) is 0 Å². The molecule has 0 unspecified atom stereocenters. The third-order valence-corrected chi connectivity index (χ3v) is 7.36. The Hall–Kier alpha value is -2.59. The van der Waals surface area contributed by atoms with E-state index in [1.165, 1.54) is 4.90 Å². The highest BCUT2D eigenvalue weighted by Crippen LogP contribution is 2.34. The van der Waals surface area contributed by atoms with Gasteiger partial charge in [0, 0.05) is 24.7 Å². The van der Waals surface area contributed by atoms with Gasteiger partial charge in [-0.25, -0.2) is 26.4 Å². The molecule has 2 heterocycles. The molecule has 0 bridgehead atoms. The molecule has 1 saturated heterocycles. The molecule has 0 aromatic heterocycles. The number of piperidine rings is 1.